The first-order valence-electron chi connectivity index (χ1n) is 9.59. The molecule has 3 N–H and O–H groups in total. The highest BCUT2D eigenvalue weighted by molar-refractivity contribution is 5.91. The van der Waals surface area contributed by atoms with Gasteiger partial charge in [0.15, 0.2) is 0 Å². The summed E-state index contributed by atoms with van der Waals surface area (Å²) in [6, 6.07) is 9.92. The van der Waals surface area contributed by atoms with Gasteiger partial charge in [-0.25, -0.2) is 0 Å². The highest BCUT2D eigenvalue weighted by Crippen LogP contribution is 2.49. The largest absolute Gasteiger partial charge is 0.392 e. The number of hydrogen-bond donors (Lipinski definition) is 2. The van der Waals surface area contributed by atoms with E-state index in [4.69, 9.17) is 5.73 Å². The van der Waals surface area contributed by atoms with E-state index in [1.807, 2.05) is 23.1 Å². The molecule has 0 unspecified atom stereocenters. The Morgan fingerprint density at radius 3 is 2.35 bits per heavy atom. The summed E-state index contributed by atoms with van der Waals surface area (Å²) in [7, 11) is 0. The molecule has 1 saturated carbocycles. The molecule has 2 aliphatic heterocycles. The number of β-amino-alcohol motifs (C(OH)–C–C–N with tert-alkyl or cyclic N) is 1. The fourth-order valence-corrected chi connectivity index (χ4v) is 4.73. The number of hydrogen-bond acceptors (Lipinski definition) is 4. The first kappa shape index (κ1) is 17.5. The lowest BCUT2D eigenvalue weighted by molar-refractivity contribution is -0.136. The summed E-state index contributed by atoms with van der Waals surface area (Å²) in [5.74, 6) is -0.115. The maximum absolute atomic E-state index is 13.1. The number of aliphatic hydroxyl groups excluding tert-OH is 1. The van der Waals surface area contributed by atoms with E-state index in [1.165, 1.54) is 0 Å². The number of amides is 2. The van der Waals surface area contributed by atoms with E-state index < -0.39 is 6.10 Å². The molecular weight excluding hydrogens is 330 g/mol. The minimum absolute atomic E-state index is 0.209. The fraction of sp³-hybridized carbons (Fsp3) is 0.600. The van der Waals surface area contributed by atoms with Crippen LogP contribution in [-0.2, 0) is 15.0 Å². The van der Waals surface area contributed by atoms with Crippen molar-refractivity contribution in [1.29, 1.82) is 0 Å². The lowest BCUT2D eigenvalue weighted by atomic mass is 9.92. The molecule has 2 heterocycles. The Kier molecular flexibility index (Phi) is 4.49. The van der Waals surface area contributed by atoms with Crippen LogP contribution < -0.4 is 5.73 Å². The summed E-state index contributed by atoms with van der Waals surface area (Å²) in [6.45, 7) is 1.91. The Morgan fingerprint density at radius 2 is 1.77 bits per heavy atom. The lowest BCUT2D eigenvalue weighted by Crippen LogP contribution is -2.52. The van der Waals surface area contributed by atoms with Crippen LogP contribution in [0.2, 0.25) is 0 Å². The Balaban J connectivity index is 1.40. The molecule has 3 aliphatic rings. The van der Waals surface area contributed by atoms with Gasteiger partial charge < -0.3 is 15.7 Å². The molecule has 0 radical (unpaired) electrons. The molecule has 0 aromatic heterocycles. The van der Waals surface area contributed by atoms with Crippen LogP contribution in [-0.4, -0.2) is 64.5 Å². The van der Waals surface area contributed by atoms with Crippen LogP contribution in [0.25, 0.3) is 0 Å². The zero-order valence-electron chi connectivity index (χ0n) is 15.0. The van der Waals surface area contributed by atoms with Gasteiger partial charge >= 0.3 is 0 Å². The van der Waals surface area contributed by atoms with Gasteiger partial charge in [-0.15, -0.1) is 0 Å². The number of piperidine rings is 1. The van der Waals surface area contributed by atoms with E-state index in [2.05, 4.69) is 17.0 Å². The first-order chi connectivity index (χ1) is 12.5. The molecule has 26 heavy (non-hydrogen) atoms. The molecule has 1 aromatic rings. The number of carbonyl (C=O) groups excluding carboxylic acids is 2. The second-order valence-electron chi connectivity index (χ2n) is 7.98. The second kappa shape index (κ2) is 6.67. The Hall–Kier alpha value is -1.92. The molecule has 140 valence electrons. The Bertz CT molecular complexity index is 681. The smallest absolute Gasteiger partial charge is 0.234 e. The average molecular weight is 357 g/mol. The van der Waals surface area contributed by atoms with Gasteiger partial charge in [0.2, 0.25) is 11.8 Å². The van der Waals surface area contributed by atoms with Crippen molar-refractivity contribution >= 4 is 11.8 Å². The van der Waals surface area contributed by atoms with Crippen LogP contribution in [0, 0.1) is 0 Å². The summed E-state index contributed by atoms with van der Waals surface area (Å²) in [6.07, 6.45) is 3.45. The zero-order chi connectivity index (χ0) is 18.3. The van der Waals surface area contributed by atoms with Crippen molar-refractivity contribution in [3.8, 4) is 0 Å². The number of benzene rings is 1. The van der Waals surface area contributed by atoms with Crippen LogP contribution in [0.15, 0.2) is 30.3 Å². The maximum Gasteiger partial charge on any atom is 0.234 e. The molecule has 3 fully saturated rings. The van der Waals surface area contributed by atoms with Crippen molar-refractivity contribution in [1.82, 2.24) is 9.80 Å². The number of primary amides is 1. The summed E-state index contributed by atoms with van der Waals surface area (Å²) < 4.78 is 0. The standard InChI is InChI=1S/C20H27N3O3/c21-18(25)17-12-16(24)13-23(17)15-6-10-22(11-7-15)19(26)20(8-9-20)14-4-2-1-3-5-14/h1-5,15-17,24H,6-13H2,(H2,21,25)/t16-,17+/m1/s1. The van der Waals surface area contributed by atoms with Gasteiger partial charge in [0.05, 0.1) is 17.6 Å². The summed E-state index contributed by atoms with van der Waals surface area (Å²) >= 11 is 0. The molecule has 2 atom stereocenters. The Morgan fingerprint density at radius 1 is 1.12 bits per heavy atom. The SMILES string of the molecule is NC(=O)[C@@H]1C[C@@H](O)CN1C1CCN(C(=O)C2(c3ccccc3)CC2)CC1. The average Bonchev–Trinajstić information content (AvgIpc) is 3.38. The number of nitrogens with zero attached hydrogens (tertiary/aromatic N) is 2. The summed E-state index contributed by atoms with van der Waals surface area (Å²) in [5.41, 5.74) is 6.32. The predicted octanol–water partition coefficient (Wildman–Crippen LogP) is 0.630. The van der Waals surface area contributed by atoms with Crippen LogP contribution in [0.3, 0.4) is 0 Å². The van der Waals surface area contributed by atoms with Crippen molar-refractivity contribution in [3.05, 3.63) is 35.9 Å². The normalized spacial score (nSPS) is 28.9. The molecular formula is C20H27N3O3. The van der Waals surface area contributed by atoms with Crippen LogP contribution >= 0.6 is 0 Å². The van der Waals surface area contributed by atoms with E-state index in [9.17, 15) is 14.7 Å². The van der Waals surface area contributed by atoms with E-state index in [0.29, 0.717) is 26.1 Å². The highest BCUT2D eigenvalue weighted by Gasteiger charge is 2.53. The third-order valence-electron chi connectivity index (χ3n) is 6.35. The molecule has 6 heteroatoms. The second-order valence-corrected chi connectivity index (χ2v) is 7.98. The van der Waals surface area contributed by atoms with E-state index in [1.54, 1.807) is 0 Å². The molecule has 4 rings (SSSR count). The van der Waals surface area contributed by atoms with E-state index in [0.717, 1.165) is 31.2 Å². The molecule has 0 spiro atoms. The van der Waals surface area contributed by atoms with E-state index >= 15 is 0 Å². The Labute approximate surface area is 153 Å². The van der Waals surface area contributed by atoms with Gasteiger partial charge in [0.25, 0.3) is 0 Å². The van der Waals surface area contributed by atoms with Gasteiger partial charge in [0, 0.05) is 25.7 Å². The van der Waals surface area contributed by atoms with Crippen LogP contribution in [0.5, 0.6) is 0 Å². The monoisotopic (exact) mass is 357 g/mol. The number of nitrogens with two attached hydrogens (primary N) is 1. The number of aliphatic hydroxyl groups is 1. The third kappa shape index (κ3) is 3.01. The highest BCUT2D eigenvalue weighted by atomic mass is 16.3. The third-order valence-corrected chi connectivity index (χ3v) is 6.35. The van der Waals surface area contributed by atoms with Crippen molar-refractivity contribution in [2.24, 2.45) is 5.73 Å². The molecule has 2 amide bonds. The number of rotatable bonds is 4. The molecule has 2 saturated heterocycles. The van der Waals surface area contributed by atoms with Gasteiger partial charge in [-0.1, -0.05) is 30.3 Å². The predicted molar refractivity (Wildman–Crippen MR) is 97.3 cm³/mol. The molecule has 6 nitrogen and oxygen atoms in total. The maximum atomic E-state index is 13.1. The topological polar surface area (TPSA) is 86.9 Å². The number of likely N-dealkylation sites (tertiary alicyclic amines) is 2. The van der Waals surface area contributed by atoms with Gasteiger partial charge in [-0.2, -0.15) is 0 Å². The van der Waals surface area contributed by atoms with Crippen LogP contribution in [0.4, 0.5) is 0 Å². The van der Waals surface area contributed by atoms with Crippen LogP contribution in [0.1, 0.15) is 37.7 Å². The van der Waals surface area contributed by atoms with E-state index in [-0.39, 0.29) is 29.3 Å². The quantitative estimate of drug-likeness (QED) is 0.827. The van der Waals surface area contributed by atoms with Gasteiger partial charge in [-0.05, 0) is 37.7 Å². The van der Waals surface area contributed by atoms with Gasteiger partial charge in [-0.3, -0.25) is 14.5 Å². The molecule has 0 bridgehead atoms. The number of carbonyl (C=O) groups is 2. The lowest BCUT2D eigenvalue weighted by Gasteiger charge is -2.39. The van der Waals surface area contributed by atoms with Crippen molar-refractivity contribution in [3.63, 3.8) is 0 Å². The molecule has 1 aromatic carbocycles. The minimum Gasteiger partial charge on any atom is -0.392 e. The fourth-order valence-electron chi connectivity index (χ4n) is 4.73. The molecule has 1 aliphatic carbocycles. The zero-order valence-corrected chi connectivity index (χ0v) is 15.0. The first-order valence-corrected chi connectivity index (χ1v) is 9.59. The summed E-state index contributed by atoms with van der Waals surface area (Å²) in [5, 5.41) is 9.92. The summed E-state index contributed by atoms with van der Waals surface area (Å²) in [4.78, 5) is 28.9. The minimum atomic E-state index is -0.486. The van der Waals surface area contributed by atoms with Crippen molar-refractivity contribution < 1.29 is 14.7 Å². The van der Waals surface area contributed by atoms with Crippen molar-refractivity contribution in [2.75, 3.05) is 19.6 Å². The van der Waals surface area contributed by atoms with Gasteiger partial charge in [0.1, 0.15) is 0 Å². The van der Waals surface area contributed by atoms with Crippen molar-refractivity contribution in [2.45, 2.75) is 55.7 Å².